The van der Waals surface area contributed by atoms with Gasteiger partial charge in [0.2, 0.25) is 5.91 Å². The Bertz CT molecular complexity index is 975. The third-order valence-corrected chi connectivity index (χ3v) is 6.61. The van der Waals surface area contributed by atoms with Crippen molar-refractivity contribution in [3.8, 4) is 5.75 Å². The van der Waals surface area contributed by atoms with Crippen LogP contribution in [-0.2, 0) is 17.1 Å². The highest BCUT2D eigenvalue weighted by atomic mass is 32.2. The molecule has 8 heteroatoms. The molecule has 2 N–H and O–H groups in total. The number of rotatable bonds is 10. The monoisotopic (exact) mass is 440 g/mol. The predicted molar refractivity (Wildman–Crippen MR) is 123 cm³/mol. The van der Waals surface area contributed by atoms with Crippen molar-refractivity contribution < 1.29 is 9.90 Å². The maximum atomic E-state index is 12.7. The summed E-state index contributed by atoms with van der Waals surface area (Å²) < 4.78 is 2.00. The molecule has 0 fully saturated rings. The fourth-order valence-corrected chi connectivity index (χ4v) is 4.55. The average Bonchev–Trinajstić information content (AvgIpc) is 3.14. The van der Waals surface area contributed by atoms with Gasteiger partial charge in [0.05, 0.1) is 11.0 Å². The van der Waals surface area contributed by atoms with Crippen LogP contribution in [0.2, 0.25) is 0 Å². The van der Waals surface area contributed by atoms with E-state index < -0.39 is 0 Å². The number of amides is 1. The lowest BCUT2D eigenvalue weighted by molar-refractivity contribution is -0.115. The number of nitrogens with one attached hydrogen (secondary N) is 1. The fraction of sp³-hybridized carbons (Fsp3) is 0.227. The molecule has 0 aliphatic rings. The number of phenolic OH excluding ortho intramolecular Hbond substituents is 1. The van der Waals surface area contributed by atoms with E-state index in [1.807, 2.05) is 35.8 Å². The first-order valence-corrected chi connectivity index (χ1v) is 11.4. The minimum absolute atomic E-state index is 0.110. The minimum Gasteiger partial charge on any atom is -0.508 e. The lowest BCUT2D eigenvalue weighted by atomic mass is 10.2. The largest absolute Gasteiger partial charge is 0.508 e. The normalized spacial score (nSPS) is 11.8. The summed E-state index contributed by atoms with van der Waals surface area (Å²) in [5, 5.41) is 21.4. The summed E-state index contributed by atoms with van der Waals surface area (Å²) in [4.78, 5) is 13.9. The highest BCUT2D eigenvalue weighted by Gasteiger charge is 2.22. The molecule has 1 heterocycles. The van der Waals surface area contributed by atoms with Gasteiger partial charge in [-0.15, -0.1) is 28.5 Å². The Hall–Kier alpha value is -2.71. The summed E-state index contributed by atoms with van der Waals surface area (Å²) in [5.74, 6) is 1.58. The topological polar surface area (TPSA) is 80.0 Å². The molecule has 0 bridgehead atoms. The van der Waals surface area contributed by atoms with E-state index in [2.05, 4.69) is 34.2 Å². The minimum atomic E-state index is -0.318. The van der Waals surface area contributed by atoms with Gasteiger partial charge < -0.3 is 15.0 Å². The molecule has 1 aromatic heterocycles. The van der Waals surface area contributed by atoms with Crippen LogP contribution in [0, 0.1) is 0 Å². The summed E-state index contributed by atoms with van der Waals surface area (Å²) in [6.07, 6.45) is 2.45. The first-order valence-electron chi connectivity index (χ1n) is 9.58. The Kier molecular flexibility index (Phi) is 7.98. The number of aromatic hydroxyl groups is 1. The van der Waals surface area contributed by atoms with Crippen LogP contribution in [0.1, 0.15) is 19.2 Å². The molecule has 30 heavy (non-hydrogen) atoms. The number of anilines is 1. The molecule has 0 saturated carbocycles. The molecule has 1 atom stereocenters. The molecule has 0 aliphatic carbocycles. The summed E-state index contributed by atoms with van der Waals surface area (Å²) in [7, 11) is 0. The standard InChI is InChI=1S/C22H24N4O2S2/c1-3-14-26-20(15-29-18-8-6-5-7-9-18)24-25-22(26)30-19(4-2)21(28)23-16-10-12-17(27)13-11-16/h3,5-13,19,27H,1,4,14-15H2,2H3,(H,23,28). The zero-order valence-corrected chi connectivity index (χ0v) is 18.3. The highest BCUT2D eigenvalue weighted by molar-refractivity contribution is 8.00. The molecule has 0 saturated heterocycles. The van der Waals surface area contributed by atoms with Gasteiger partial charge in [-0.3, -0.25) is 4.79 Å². The quantitative estimate of drug-likeness (QED) is 0.263. The van der Waals surface area contributed by atoms with E-state index >= 15 is 0 Å². The molecule has 156 valence electrons. The maximum Gasteiger partial charge on any atom is 0.237 e. The van der Waals surface area contributed by atoms with Gasteiger partial charge in [-0.2, -0.15) is 0 Å². The zero-order valence-electron chi connectivity index (χ0n) is 16.7. The average molecular weight is 441 g/mol. The Balaban J connectivity index is 1.70. The van der Waals surface area contributed by atoms with Crippen molar-refractivity contribution >= 4 is 35.1 Å². The summed E-state index contributed by atoms with van der Waals surface area (Å²) in [6, 6.07) is 16.6. The van der Waals surface area contributed by atoms with Gasteiger partial charge in [-0.1, -0.05) is 43.0 Å². The van der Waals surface area contributed by atoms with Crippen LogP contribution in [0.15, 0.2) is 77.3 Å². The second-order valence-electron chi connectivity index (χ2n) is 6.45. The van der Waals surface area contributed by atoms with Crippen molar-refractivity contribution in [1.82, 2.24) is 14.8 Å². The van der Waals surface area contributed by atoms with Crippen molar-refractivity contribution in [1.29, 1.82) is 0 Å². The fourth-order valence-electron chi connectivity index (χ4n) is 2.71. The van der Waals surface area contributed by atoms with E-state index in [1.54, 1.807) is 36.0 Å². The molecular weight excluding hydrogens is 416 g/mol. The van der Waals surface area contributed by atoms with Gasteiger partial charge in [-0.25, -0.2) is 0 Å². The lowest BCUT2D eigenvalue weighted by Gasteiger charge is -2.15. The van der Waals surface area contributed by atoms with Gasteiger partial charge in [0.1, 0.15) is 11.6 Å². The molecule has 3 aromatic rings. The number of hydrogen-bond acceptors (Lipinski definition) is 6. The van der Waals surface area contributed by atoms with E-state index in [-0.39, 0.29) is 16.9 Å². The Morgan fingerprint density at radius 3 is 2.60 bits per heavy atom. The molecule has 1 amide bonds. The predicted octanol–water partition coefficient (Wildman–Crippen LogP) is 4.97. The smallest absolute Gasteiger partial charge is 0.237 e. The Morgan fingerprint density at radius 2 is 1.93 bits per heavy atom. The molecular formula is C22H24N4O2S2. The van der Waals surface area contributed by atoms with Crippen LogP contribution in [0.5, 0.6) is 5.75 Å². The van der Waals surface area contributed by atoms with Crippen LogP contribution < -0.4 is 5.32 Å². The number of allylic oxidation sites excluding steroid dienone is 1. The highest BCUT2D eigenvalue weighted by Crippen LogP contribution is 2.28. The second-order valence-corrected chi connectivity index (χ2v) is 8.67. The molecule has 1 unspecified atom stereocenters. The van der Waals surface area contributed by atoms with Gasteiger partial charge in [0.25, 0.3) is 0 Å². The van der Waals surface area contributed by atoms with Crippen LogP contribution in [0.3, 0.4) is 0 Å². The van der Waals surface area contributed by atoms with E-state index in [0.29, 0.717) is 29.6 Å². The Labute approximate surface area is 184 Å². The molecule has 0 radical (unpaired) electrons. The van der Waals surface area contributed by atoms with E-state index in [0.717, 1.165) is 5.82 Å². The van der Waals surface area contributed by atoms with Crippen molar-refractivity contribution in [2.75, 3.05) is 5.32 Å². The number of hydrogen-bond donors (Lipinski definition) is 2. The molecule has 3 rings (SSSR count). The number of aromatic nitrogens is 3. The van der Waals surface area contributed by atoms with Gasteiger partial charge in [0, 0.05) is 17.1 Å². The third-order valence-electron chi connectivity index (χ3n) is 4.26. The first-order chi connectivity index (χ1) is 14.6. The number of benzene rings is 2. The van der Waals surface area contributed by atoms with Crippen molar-refractivity contribution in [3.63, 3.8) is 0 Å². The zero-order chi connectivity index (χ0) is 21.3. The number of nitrogens with zero attached hydrogens (tertiary/aromatic N) is 3. The maximum absolute atomic E-state index is 12.7. The van der Waals surface area contributed by atoms with Crippen LogP contribution >= 0.6 is 23.5 Å². The number of thioether (sulfide) groups is 2. The molecule has 6 nitrogen and oxygen atoms in total. The van der Waals surface area contributed by atoms with Crippen molar-refractivity contribution in [2.45, 2.75) is 40.9 Å². The summed E-state index contributed by atoms with van der Waals surface area (Å²) in [5.41, 5.74) is 0.643. The van der Waals surface area contributed by atoms with Gasteiger partial charge in [-0.05, 0) is 42.8 Å². The van der Waals surface area contributed by atoms with Crippen LogP contribution in [-0.4, -0.2) is 31.0 Å². The number of phenols is 1. The molecule has 2 aromatic carbocycles. The first kappa shape index (κ1) is 22.0. The van der Waals surface area contributed by atoms with E-state index in [4.69, 9.17) is 0 Å². The Morgan fingerprint density at radius 1 is 1.20 bits per heavy atom. The van der Waals surface area contributed by atoms with E-state index in [9.17, 15) is 9.90 Å². The number of carbonyl (C=O) groups excluding carboxylic acids is 1. The van der Waals surface area contributed by atoms with E-state index in [1.165, 1.54) is 16.7 Å². The van der Waals surface area contributed by atoms with Crippen molar-refractivity contribution in [2.24, 2.45) is 0 Å². The van der Waals surface area contributed by atoms with Gasteiger partial charge >= 0.3 is 0 Å². The van der Waals surface area contributed by atoms with Crippen molar-refractivity contribution in [3.05, 3.63) is 73.1 Å². The second kappa shape index (κ2) is 10.9. The van der Waals surface area contributed by atoms with Gasteiger partial charge in [0.15, 0.2) is 5.16 Å². The van der Waals surface area contributed by atoms with Crippen LogP contribution in [0.4, 0.5) is 5.69 Å². The SMILES string of the molecule is C=CCn1c(CSc2ccccc2)nnc1SC(CC)C(=O)Nc1ccc(O)cc1. The number of carbonyl (C=O) groups is 1. The van der Waals surface area contributed by atoms with Crippen LogP contribution in [0.25, 0.3) is 0 Å². The third kappa shape index (κ3) is 5.90. The molecule has 0 aliphatic heterocycles. The lowest BCUT2D eigenvalue weighted by Crippen LogP contribution is -2.25. The molecule has 0 spiro atoms. The summed E-state index contributed by atoms with van der Waals surface area (Å²) >= 11 is 3.09. The summed E-state index contributed by atoms with van der Waals surface area (Å²) in [6.45, 7) is 6.39.